The van der Waals surface area contributed by atoms with E-state index in [1.165, 1.54) is 30.3 Å². The lowest BCUT2D eigenvalue weighted by Crippen LogP contribution is -2.63. The Bertz CT molecular complexity index is 2910. The van der Waals surface area contributed by atoms with Crippen molar-refractivity contribution >= 4 is 40.3 Å². The maximum atomic E-state index is 16.8. The van der Waals surface area contributed by atoms with Crippen LogP contribution in [0.4, 0.5) is 13.2 Å². The zero-order valence-corrected chi connectivity index (χ0v) is 43.2. The normalized spacial score (nSPS) is 25.2. The van der Waals surface area contributed by atoms with Crippen molar-refractivity contribution in [2.45, 2.75) is 120 Å². The van der Waals surface area contributed by atoms with E-state index in [1.54, 1.807) is 37.8 Å². The number of halogens is 3. The molecule has 76 heavy (non-hydrogen) atoms. The van der Waals surface area contributed by atoms with Gasteiger partial charge in [0.15, 0.2) is 5.67 Å². The number of benzene rings is 3. The van der Waals surface area contributed by atoms with Crippen molar-refractivity contribution < 1.29 is 41.9 Å². The molecule has 18 heteroatoms. The van der Waals surface area contributed by atoms with Crippen LogP contribution in [0.25, 0.3) is 10.8 Å². The summed E-state index contributed by atoms with van der Waals surface area (Å²) in [6, 6.07) is 14.9. The Morgan fingerprint density at radius 1 is 0.724 bits per heavy atom. The number of likely N-dealkylation sites (tertiary alicyclic amines) is 3. The summed E-state index contributed by atoms with van der Waals surface area (Å²) in [6.45, 7) is 3.96. The summed E-state index contributed by atoms with van der Waals surface area (Å²) in [4.78, 5) is 90.0. The summed E-state index contributed by atoms with van der Waals surface area (Å²) in [5, 5.41) is 10.9. The molecule has 2 atom stereocenters. The molecule has 8 fully saturated rings. The van der Waals surface area contributed by atoms with Crippen LogP contribution >= 0.6 is 0 Å². The van der Waals surface area contributed by atoms with E-state index in [9.17, 15) is 28.8 Å². The molecule has 4 saturated heterocycles. The zero-order valence-electron chi connectivity index (χ0n) is 43.2. The fraction of sp³-hybridized carbons (Fsp3) is 0.569. The average Bonchev–Trinajstić information content (AvgIpc) is 3.42. The molecule has 1 aromatic heterocycles. The highest BCUT2D eigenvalue weighted by Crippen LogP contribution is 2.65. The van der Waals surface area contributed by atoms with Crippen LogP contribution < -0.4 is 10.9 Å². The number of rotatable bonds is 13. The number of fused-ring (bicyclic) bond motifs is 1. The number of carbonyl (C=O) groups excluding carboxylic acids is 5. The van der Waals surface area contributed by atoms with E-state index in [-0.39, 0.29) is 103 Å². The summed E-state index contributed by atoms with van der Waals surface area (Å²) in [5.74, 6) is -2.51. The van der Waals surface area contributed by atoms with Gasteiger partial charge in [-0.25, -0.2) is 18.3 Å². The minimum atomic E-state index is -2.13. The third-order valence-electron chi connectivity index (χ3n) is 18.0. The van der Waals surface area contributed by atoms with E-state index in [4.69, 9.17) is 4.74 Å². The van der Waals surface area contributed by atoms with E-state index in [2.05, 4.69) is 20.4 Å². The van der Waals surface area contributed by atoms with E-state index in [1.807, 2.05) is 12.1 Å². The van der Waals surface area contributed by atoms with Crippen LogP contribution in [0.5, 0.6) is 0 Å². The largest absolute Gasteiger partial charge is 0.375 e. The predicted octanol–water partition coefficient (Wildman–Crippen LogP) is 6.51. The number of nitrogens with zero attached hydrogens (tertiary/aromatic N) is 6. The second-order valence-electron chi connectivity index (χ2n) is 22.9. The molecule has 8 aliphatic rings. The molecule has 5 heterocycles. The Balaban J connectivity index is 0.628. The minimum Gasteiger partial charge on any atom is -0.375 e. The van der Waals surface area contributed by atoms with Gasteiger partial charge in [-0.1, -0.05) is 55.7 Å². The van der Waals surface area contributed by atoms with Gasteiger partial charge in [-0.3, -0.25) is 33.7 Å². The first kappa shape index (κ1) is 51.9. The maximum Gasteiger partial charge on any atom is 0.272 e. The predicted molar refractivity (Wildman–Crippen MR) is 277 cm³/mol. The van der Waals surface area contributed by atoms with E-state index in [0.717, 1.165) is 64.2 Å². The van der Waals surface area contributed by atoms with Crippen molar-refractivity contribution in [1.82, 2.24) is 40.0 Å². The third kappa shape index (κ3) is 10.5. The molecule has 404 valence electrons. The van der Waals surface area contributed by atoms with Crippen LogP contribution in [0.15, 0.2) is 65.5 Å². The lowest BCUT2D eigenvalue weighted by molar-refractivity contribution is -0.180. The van der Waals surface area contributed by atoms with Crippen molar-refractivity contribution in [3.8, 4) is 0 Å². The number of alkyl halides is 1. The highest BCUT2D eigenvalue weighted by Gasteiger charge is 2.63. The third-order valence-corrected chi connectivity index (χ3v) is 18.0. The number of nitrogens with one attached hydrogen (secondary N) is 2. The summed E-state index contributed by atoms with van der Waals surface area (Å²) in [5.41, 5.74) is -2.07. The highest BCUT2D eigenvalue weighted by atomic mass is 19.1. The average molecular weight is 1050 g/mol. The SMILES string of the molecule is O=C(N[C@@H](C(=O)N1CCC(OC2CCN(CC(=O)N3CCN(C(=O)c4cc(Cc5n[nH]c(=O)c6ccccc56)ccc4F)CC3)CC2)CC1)C1CCCCC1)c1cccc([C@]2(F)CCCN(C(=O)C34CC(C3)C4)C2)c1F. The van der Waals surface area contributed by atoms with Crippen LogP contribution in [-0.2, 0) is 31.2 Å². The summed E-state index contributed by atoms with van der Waals surface area (Å²) in [7, 11) is 0. The number of aromatic amines is 1. The van der Waals surface area contributed by atoms with Crippen LogP contribution in [0.3, 0.4) is 0 Å². The molecule has 0 spiro atoms. The van der Waals surface area contributed by atoms with Crippen LogP contribution in [-0.4, -0.2) is 154 Å². The molecule has 0 unspecified atom stereocenters. The van der Waals surface area contributed by atoms with E-state index in [0.29, 0.717) is 93.0 Å². The molecule has 2 N–H and O–H groups in total. The van der Waals surface area contributed by atoms with Gasteiger partial charge in [0, 0.05) is 76.3 Å². The van der Waals surface area contributed by atoms with E-state index >= 15 is 13.2 Å². The van der Waals surface area contributed by atoms with Gasteiger partial charge >= 0.3 is 0 Å². The molecular formula is C58H69F3N8O7. The van der Waals surface area contributed by atoms with Gasteiger partial charge in [0.25, 0.3) is 17.4 Å². The summed E-state index contributed by atoms with van der Waals surface area (Å²) >= 11 is 0. The molecule has 15 nitrogen and oxygen atoms in total. The Kier molecular flexibility index (Phi) is 14.8. The number of aromatic nitrogens is 2. The zero-order chi connectivity index (χ0) is 52.7. The number of ether oxygens (including phenoxy) is 1. The molecule has 4 aliphatic heterocycles. The van der Waals surface area contributed by atoms with Crippen molar-refractivity contribution in [2.75, 3.05) is 72.0 Å². The molecule has 2 bridgehead atoms. The molecule has 4 aliphatic carbocycles. The number of piperidine rings is 3. The number of hydrogen-bond donors (Lipinski definition) is 2. The lowest BCUT2D eigenvalue weighted by Gasteiger charge is -2.61. The summed E-state index contributed by atoms with van der Waals surface area (Å²) in [6.07, 6.45) is 10.4. The number of amides is 5. The van der Waals surface area contributed by atoms with E-state index < -0.39 is 35.2 Å². The second kappa shape index (κ2) is 21.7. The first-order valence-electron chi connectivity index (χ1n) is 27.8. The van der Waals surface area contributed by atoms with Gasteiger partial charge in [-0.15, -0.1) is 0 Å². The van der Waals surface area contributed by atoms with Gasteiger partial charge in [0.1, 0.15) is 17.7 Å². The fourth-order valence-electron chi connectivity index (χ4n) is 13.5. The number of carbonyl (C=O) groups is 5. The van der Waals surface area contributed by atoms with Crippen molar-refractivity contribution in [3.05, 3.63) is 111 Å². The molecular weight excluding hydrogens is 978 g/mol. The first-order valence-corrected chi connectivity index (χ1v) is 27.8. The Morgan fingerprint density at radius 3 is 2.11 bits per heavy atom. The molecule has 3 aromatic carbocycles. The molecule has 12 rings (SSSR count). The standard InChI is InChI=1S/C58H69F3N8O7/c59-47-15-14-37(31-48-42-10-4-5-11-43(42)53(72)64-63-48)30-45(47)54(73)68-28-26-66(27-29-68)49(70)35-65-22-16-40(17-23-65)76-41-18-24-67(25-19-41)55(74)51(39-8-2-1-3-9-39)62-52(71)44-12-6-13-46(50(44)60)58(61)20-7-21-69(36-58)56(75)57-32-38(33-57)34-57/h4-6,10-15,30,38-41,51H,1-3,7-9,16-29,31-36H2,(H,62,71)(H,64,72)/t38?,51-,57?,58+/m1/s1. The smallest absolute Gasteiger partial charge is 0.272 e. The number of H-pyrrole nitrogens is 1. The van der Waals surface area contributed by atoms with Gasteiger partial charge in [-0.05, 0) is 112 Å². The monoisotopic (exact) mass is 1050 g/mol. The van der Waals surface area contributed by atoms with Crippen LogP contribution in [0, 0.1) is 28.9 Å². The van der Waals surface area contributed by atoms with Gasteiger partial charge in [-0.2, -0.15) is 5.10 Å². The van der Waals surface area contributed by atoms with Gasteiger partial charge in [0.2, 0.25) is 17.7 Å². The maximum absolute atomic E-state index is 16.8. The Hall–Kier alpha value is -6.14. The highest BCUT2D eigenvalue weighted by molar-refractivity contribution is 5.98. The topological polar surface area (TPSA) is 169 Å². The quantitative estimate of drug-likeness (QED) is 0.152. The first-order chi connectivity index (χ1) is 36.7. The minimum absolute atomic E-state index is 0.00735. The second-order valence-corrected chi connectivity index (χ2v) is 22.9. The molecule has 4 saturated carbocycles. The van der Waals surface area contributed by atoms with Crippen molar-refractivity contribution in [2.24, 2.45) is 17.3 Å². The lowest BCUT2D eigenvalue weighted by atomic mass is 9.44. The van der Waals surface area contributed by atoms with Crippen LogP contribution in [0.1, 0.15) is 127 Å². The Morgan fingerprint density at radius 2 is 1.41 bits per heavy atom. The number of piperazine rings is 1. The van der Waals surface area contributed by atoms with Gasteiger partial charge < -0.3 is 29.7 Å². The summed E-state index contributed by atoms with van der Waals surface area (Å²) < 4.78 is 55.0. The fourth-order valence-corrected chi connectivity index (χ4v) is 13.5. The van der Waals surface area contributed by atoms with Gasteiger partial charge in [0.05, 0.1) is 52.9 Å². The Labute approximate surface area is 440 Å². The number of hydrogen-bond acceptors (Lipinski definition) is 9. The van der Waals surface area contributed by atoms with Crippen LogP contribution in [0.2, 0.25) is 0 Å². The molecule has 0 radical (unpaired) electrons. The molecule has 5 amide bonds. The van der Waals surface area contributed by atoms with Crippen molar-refractivity contribution in [3.63, 3.8) is 0 Å². The molecule has 4 aromatic rings. The van der Waals surface area contributed by atoms with Crippen molar-refractivity contribution in [1.29, 1.82) is 0 Å².